The average molecular weight is 432 g/mol. The fourth-order valence-corrected chi connectivity index (χ4v) is 3.40. The fourth-order valence-electron chi connectivity index (χ4n) is 3.40. The van der Waals surface area contributed by atoms with Crippen molar-refractivity contribution in [1.82, 2.24) is 0 Å². The first-order valence-corrected chi connectivity index (χ1v) is 9.35. The number of aromatic hydroxyl groups is 3. The van der Waals surface area contributed by atoms with Crippen LogP contribution in [0.5, 0.6) is 23.0 Å². The number of aliphatic hydroxyl groups is 3. The minimum Gasteiger partial charge on any atom is -0.508 e. The van der Waals surface area contributed by atoms with Crippen LogP contribution in [0.4, 0.5) is 0 Å². The van der Waals surface area contributed by atoms with Gasteiger partial charge in [0, 0.05) is 23.8 Å². The standard InChI is InChI=1S/C21H20O10/c1-8-18(26)19(27)20(28)21(29-8)31-14-3-2-9(4-11(14)23)15-7-13(25)17-12(24)5-10(22)6-16(17)30-15/h2-8,18-24,26-28H,1H3/t8-,18-,19+,20-,21+/m1/s1. The lowest BCUT2D eigenvalue weighted by molar-refractivity contribution is -0.268. The molecule has 0 bridgehead atoms. The van der Waals surface area contributed by atoms with E-state index in [9.17, 15) is 35.4 Å². The molecule has 2 aromatic carbocycles. The number of ether oxygens (including phenoxy) is 2. The predicted molar refractivity (Wildman–Crippen MR) is 106 cm³/mol. The number of rotatable bonds is 3. The maximum absolute atomic E-state index is 12.4. The lowest BCUT2D eigenvalue weighted by Crippen LogP contribution is -2.58. The molecular weight excluding hydrogens is 412 g/mol. The maximum Gasteiger partial charge on any atom is 0.229 e. The Bertz CT molecular complexity index is 1190. The van der Waals surface area contributed by atoms with Crippen LogP contribution in [0.3, 0.4) is 0 Å². The van der Waals surface area contributed by atoms with Gasteiger partial charge in [-0.3, -0.25) is 4.79 Å². The Morgan fingerprint density at radius 2 is 1.65 bits per heavy atom. The summed E-state index contributed by atoms with van der Waals surface area (Å²) in [4.78, 5) is 12.4. The molecule has 10 heteroatoms. The van der Waals surface area contributed by atoms with E-state index in [1.54, 1.807) is 0 Å². The van der Waals surface area contributed by atoms with Crippen LogP contribution in [0, 0.1) is 0 Å². The highest BCUT2D eigenvalue weighted by Crippen LogP contribution is 2.35. The second-order valence-electron chi connectivity index (χ2n) is 7.29. The molecule has 1 saturated heterocycles. The molecule has 0 saturated carbocycles. The van der Waals surface area contributed by atoms with Crippen molar-refractivity contribution < 1.29 is 44.5 Å². The molecule has 5 atom stereocenters. The molecule has 2 heterocycles. The van der Waals surface area contributed by atoms with Crippen molar-refractivity contribution in [3.8, 4) is 34.3 Å². The number of phenols is 3. The van der Waals surface area contributed by atoms with Crippen LogP contribution in [-0.2, 0) is 4.74 Å². The van der Waals surface area contributed by atoms with Gasteiger partial charge in [0.2, 0.25) is 6.29 Å². The highest BCUT2D eigenvalue weighted by molar-refractivity contribution is 5.86. The third-order valence-corrected chi connectivity index (χ3v) is 5.09. The molecule has 1 fully saturated rings. The van der Waals surface area contributed by atoms with E-state index in [0.717, 1.165) is 12.1 Å². The number of hydrogen-bond donors (Lipinski definition) is 6. The van der Waals surface area contributed by atoms with Crippen LogP contribution in [0.2, 0.25) is 0 Å². The lowest BCUT2D eigenvalue weighted by Gasteiger charge is -2.38. The van der Waals surface area contributed by atoms with Gasteiger partial charge in [-0.15, -0.1) is 0 Å². The molecule has 3 aromatic rings. The first-order chi connectivity index (χ1) is 14.7. The Morgan fingerprint density at radius 1 is 0.903 bits per heavy atom. The largest absolute Gasteiger partial charge is 0.508 e. The van der Waals surface area contributed by atoms with Crippen molar-refractivity contribution in [3.05, 3.63) is 46.6 Å². The van der Waals surface area contributed by atoms with Gasteiger partial charge in [0.25, 0.3) is 0 Å². The summed E-state index contributed by atoms with van der Waals surface area (Å²) in [6, 6.07) is 7.38. The summed E-state index contributed by atoms with van der Waals surface area (Å²) in [5, 5.41) is 59.4. The molecule has 0 unspecified atom stereocenters. The van der Waals surface area contributed by atoms with Crippen molar-refractivity contribution in [3.63, 3.8) is 0 Å². The van der Waals surface area contributed by atoms with Gasteiger partial charge in [-0.2, -0.15) is 0 Å². The molecule has 31 heavy (non-hydrogen) atoms. The molecule has 0 radical (unpaired) electrons. The molecule has 0 aliphatic carbocycles. The predicted octanol–water partition coefficient (Wildman–Crippen LogP) is 0.783. The van der Waals surface area contributed by atoms with E-state index in [4.69, 9.17) is 13.9 Å². The summed E-state index contributed by atoms with van der Waals surface area (Å²) < 4.78 is 16.4. The molecule has 10 nitrogen and oxygen atoms in total. The summed E-state index contributed by atoms with van der Waals surface area (Å²) in [6.45, 7) is 1.50. The number of phenolic OH excluding ortho intramolecular Hbond substituents is 3. The average Bonchev–Trinajstić information content (AvgIpc) is 2.70. The Hall–Kier alpha value is -3.31. The van der Waals surface area contributed by atoms with Gasteiger partial charge < -0.3 is 44.5 Å². The first-order valence-electron chi connectivity index (χ1n) is 9.35. The molecule has 1 aromatic heterocycles. The molecule has 4 rings (SSSR count). The number of benzene rings is 2. The van der Waals surface area contributed by atoms with Gasteiger partial charge in [-0.05, 0) is 25.1 Å². The summed E-state index contributed by atoms with van der Waals surface area (Å²) in [6.07, 6.45) is -6.49. The lowest BCUT2D eigenvalue weighted by atomic mass is 10.00. The quantitative estimate of drug-likeness (QED) is 0.348. The van der Waals surface area contributed by atoms with Crippen LogP contribution in [0.25, 0.3) is 22.3 Å². The van der Waals surface area contributed by atoms with Gasteiger partial charge in [0.15, 0.2) is 16.9 Å². The summed E-state index contributed by atoms with van der Waals surface area (Å²) in [5.41, 5.74) is -0.297. The van der Waals surface area contributed by atoms with Gasteiger partial charge >= 0.3 is 0 Å². The highest BCUT2D eigenvalue weighted by atomic mass is 16.7. The van der Waals surface area contributed by atoms with Crippen LogP contribution < -0.4 is 10.2 Å². The third kappa shape index (κ3) is 3.77. The number of aliphatic hydroxyl groups excluding tert-OH is 3. The molecule has 1 aliphatic heterocycles. The first kappa shape index (κ1) is 20.9. The zero-order valence-electron chi connectivity index (χ0n) is 16.2. The smallest absolute Gasteiger partial charge is 0.229 e. The van der Waals surface area contributed by atoms with Crippen molar-refractivity contribution in [1.29, 1.82) is 0 Å². The maximum atomic E-state index is 12.4. The SMILES string of the molecule is C[C@H]1O[C@@H](Oc2ccc(-c3cc(=O)c4c(O)cc(O)cc4o3)cc2O)[C@H](O)[C@@H](O)[C@@H]1O. The van der Waals surface area contributed by atoms with Crippen molar-refractivity contribution in [2.45, 2.75) is 37.6 Å². The summed E-state index contributed by atoms with van der Waals surface area (Å²) in [7, 11) is 0. The Kier molecular flexibility index (Phi) is 5.23. The molecule has 164 valence electrons. The summed E-state index contributed by atoms with van der Waals surface area (Å²) in [5.74, 6) is -1.10. The van der Waals surface area contributed by atoms with E-state index in [1.807, 2.05) is 0 Å². The van der Waals surface area contributed by atoms with Gasteiger partial charge in [-0.1, -0.05) is 0 Å². The number of fused-ring (bicyclic) bond motifs is 1. The topological polar surface area (TPSA) is 170 Å². The van der Waals surface area contributed by atoms with E-state index in [2.05, 4.69) is 0 Å². The van der Waals surface area contributed by atoms with Gasteiger partial charge in [0.1, 0.15) is 46.5 Å². The fraction of sp³-hybridized carbons (Fsp3) is 0.286. The van der Waals surface area contributed by atoms with Gasteiger partial charge in [-0.25, -0.2) is 0 Å². The molecule has 0 spiro atoms. The van der Waals surface area contributed by atoms with E-state index in [-0.39, 0.29) is 34.0 Å². The highest BCUT2D eigenvalue weighted by Gasteiger charge is 2.43. The van der Waals surface area contributed by atoms with E-state index in [1.165, 1.54) is 31.2 Å². The summed E-state index contributed by atoms with van der Waals surface area (Å²) >= 11 is 0. The minimum atomic E-state index is -1.55. The zero-order valence-corrected chi connectivity index (χ0v) is 16.2. The monoisotopic (exact) mass is 432 g/mol. The number of hydrogen-bond acceptors (Lipinski definition) is 10. The van der Waals surface area contributed by atoms with Crippen LogP contribution in [-0.4, -0.2) is 61.3 Å². The van der Waals surface area contributed by atoms with Crippen LogP contribution in [0.1, 0.15) is 6.92 Å². The van der Waals surface area contributed by atoms with E-state index in [0.29, 0.717) is 5.56 Å². The Labute approximate surface area is 174 Å². The molecular formula is C21H20O10. The van der Waals surface area contributed by atoms with Crippen molar-refractivity contribution >= 4 is 11.0 Å². The second kappa shape index (κ2) is 7.75. The van der Waals surface area contributed by atoms with E-state index >= 15 is 0 Å². The van der Waals surface area contributed by atoms with Crippen LogP contribution >= 0.6 is 0 Å². The van der Waals surface area contributed by atoms with Gasteiger partial charge in [0.05, 0.1) is 6.10 Å². The molecule has 1 aliphatic rings. The minimum absolute atomic E-state index is 0.0416. The molecule has 6 N–H and O–H groups in total. The Morgan fingerprint density at radius 3 is 2.35 bits per heavy atom. The van der Waals surface area contributed by atoms with E-state index < -0.39 is 41.9 Å². The normalized spacial score (nSPS) is 26.1. The molecule has 0 amide bonds. The Balaban J connectivity index is 1.64. The third-order valence-electron chi connectivity index (χ3n) is 5.09. The zero-order chi connectivity index (χ0) is 22.4. The van der Waals surface area contributed by atoms with Crippen molar-refractivity contribution in [2.75, 3.05) is 0 Å². The van der Waals surface area contributed by atoms with Crippen molar-refractivity contribution in [2.24, 2.45) is 0 Å². The van der Waals surface area contributed by atoms with Crippen LogP contribution in [0.15, 0.2) is 45.6 Å². The second-order valence-corrected chi connectivity index (χ2v) is 7.29.